The quantitative estimate of drug-likeness (QED) is 0.888. The molecule has 3 heterocycles. The number of hydrogen-bond donors (Lipinski definition) is 1. The Kier molecular flexibility index (Phi) is 3.51. The zero-order valence-electron chi connectivity index (χ0n) is 14.3. The lowest BCUT2D eigenvalue weighted by Gasteiger charge is -2.24. The molecule has 2 aromatic heterocycles. The Labute approximate surface area is 146 Å². The van der Waals surface area contributed by atoms with Crippen LogP contribution in [-0.4, -0.2) is 38.3 Å². The van der Waals surface area contributed by atoms with Crippen LogP contribution in [0.3, 0.4) is 0 Å². The molecule has 7 heteroatoms. The third-order valence-corrected chi connectivity index (χ3v) is 6.08. The zero-order chi connectivity index (χ0) is 16.9. The first kappa shape index (κ1) is 15.3. The molecule has 0 unspecified atom stereocenters. The van der Waals surface area contributed by atoms with Gasteiger partial charge in [0.2, 0.25) is 11.8 Å². The summed E-state index contributed by atoms with van der Waals surface area (Å²) in [6.45, 7) is 1.67. The van der Waals surface area contributed by atoms with Crippen LogP contribution in [0.1, 0.15) is 49.5 Å². The monoisotopic (exact) mass is 341 g/mol. The third kappa shape index (κ3) is 2.61. The fourth-order valence-electron chi connectivity index (χ4n) is 4.54. The summed E-state index contributed by atoms with van der Waals surface area (Å²) in [4.78, 5) is 15.9. The first-order valence-electron chi connectivity index (χ1n) is 9.27. The van der Waals surface area contributed by atoms with E-state index in [1.165, 1.54) is 25.7 Å². The van der Waals surface area contributed by atoms with Crippen molar-refractivity contribution in [2.24, 2.45) is 11.8 Å². The standard InChI is InChI=1S/C18H23N5O2/c24-10-14-5-7-19-17(20-14)23-9-13-2-1-6-18(13,11-23)16-21-15(22-25-16)8-12-3-4-12/h5,7,12-13,24H,1-4,6,8-11H2/t13-,18-/m1/s1. The van der Waals surface area contributed by atoms with E-state index in [-0.39, 0.29) is 12.0 Å². The summed E-state index contributed by atoms with van der Waals surface area (Å²) in [5, 5.41) is 13.6. The molecule has 2 aromatic rings. The molecule has 3 aliphatic rings. The predicted octanol–water partition coefficient (Wildman–Crippen LogP) is 1.86. The van der Waals surface area contributed by atoms with E-state index in [1.807, 2.05) is 0 Å². The zero-order valence-corrected chi connectivity index (χ0v) is 14.3. The van der Waals surface area contributed by atoms with Crippen LogP contribution in [0.25, 0.3) is 0 Å². The van der Waals surface area contributed by atoms with E-state index in [4.69, 9.17) is 9.51 Å². The topological polar surface area (TPSA) is 88.2 Å². The lowest BCUT2D eigenvalue weighted by atomic mass is 9.80. The van der Waals surface area contributed by atoms with Crippen LogP contribution in [0.4, 0.5) is 5.95 Å². The SMILES string of the molecule is OCc1ccnc(N2C[C@H]3CCC[C@@]3(c3nc(CC4CC4)no3)C2)n1. The van der Waals surface area contributed by atoms with Gasteiger partial charge in [-0.25, -0.2) is 9.97 Å². The van der Waals surface area contributed by atoms with Crippen molar-refractivity contribution in [2.75, 3.05) is 18.0 Å². The maximum Gasteiger partial charge on any atom is 0.235 e. The smallest absolute Gasteiger partial charge is 0.235 e. The Morgan fingerprint density at radius 3 is 3.04 bits per heavy atom. The molecule has 1 saturated heterocycles. The summed E-state index contributed by atoms with van der Waals surface area (Å²) in [5.74, 6) is 3.64. The highest BCUT2D eigenvalue weighted by Crippen LogP contribution is 2.50. The Morgan fingerprint density at radius 1 is 1.28 bits per heavy atom. The van der Waals surface area contributed by atoms with Gasteiger partial charge in [0, 0.05) is 25.7 Å². The first-order chi connectivity index (χ1) is 12.3. The summed E-state index contributed by atoms with van der Waals surface area (Å²) in [6, 6.07) is 1.75. The Bertz CT molecular complexity index is 774. The minimum Gasteiger partial charge on any atom is -0.390 e. The normalized spacial score (nSPS) is 28.5. The van der Waals surface area contributed by atoms with Gasteiger partial charge in [-0.1, -0.05) is 11.6 Å². The second kappa shape index (κ2) is 5.76. The largest absolute Gasteiger partial charge is 0.390 e. The van der Waals surface area contributed by atoms with Crippen molar-refractivity contribution in [1.82, 2.24) is 20.1 Å². The second-order valence-electron chi connectivity index (χ2n) is 7.80. The molecule has 1 aliphatic heterocycles. The van der Waals surface area contributed by atoms with Gasteiger partial charge < -0.3 is 14.5 Å². The summed E-state index contributed by atoms with van der Waals surface area (Å²) < 4.78 is 5.74. The van der Waals surface area contributed by atoms with E-state index in [0.29, 0.717) is 17.6 Å². The average molecular weight is 341 g/mol. The van der Waals surface area contributed by atoms with E-state index >= 15 is 0 Å². The minimum absolute atomic E-state index is 0.0621. The first-order valence-corrected chi connectivity index (χ1v) is 9.27. The van der Waals surface area contributed by atoms with Gasteiger partial charge in [-0.3, -0.25) is 0 Å². The van der Waals surface area contributed by atoms with Crippen molar-refractivity contribution in [3.8, 4) is 0 Å². The van der Waals surface area contributed by atoms with Crippen molar-refractivity contribution in [2.45, 2.75) is 50.5 Å². The minimum atomic E-state index is -0.0634. The Hall–Kier alpha value is -2.02. The molecule has 0 amide bonds. The predicted molar refractivity (Wildman–Crippen MR) is 89.9 cm³/mol. The van der Waals surface area contributed by atoms with Crippen LogP contribution in [0.15, 0.2) is 16.8 Å². The number of aromatic nitrogens is 4. The van der Waals surface area contributed by atoms with Gasteiger partial charge in [0.15, 0.2) is 5.82 Å². The number of aliphatic hydroxyl groups is 1. The Morgan fingerprint density at radius 2 is 2.20 bits per heavy atom. The highest BCUT2D eigenvalue weighted by molar-refractivity contribution is 5.38. The second-order valence-corrected chi connectivity index (χ2v) is 7.80. The van der Waals surface area contributed by atoms with Crippen LogP contribution >= 0.6 is 0 Å². The highest BCUT2D eigenvalue weighted by Gasteiger charge is 2.54. The molecule has 0 bridgehead atoms. The van der Waals surface area contributed by atoms with Gasteiger partial charge >= 0.3 is 0 Å². The summed E-state index contributed by atoms with van der Waals surface area (Å²) in [7, 11) is 0. The fraction of sp³-hybridized carbons (Fsp3) is 0.667. The number of aliphatic hydroxyl groups excluding tert-OH is 1. The molecule has 0 aromatic carbocycles. The molecular weight excluding hydrogens is 318 g/mol. The third-order valence-electron chi connectivity index (χ3n) is 6.08. The molecule has 1 N–H and O–H groups in total. The number of hydrogen-bond acceptors (Lipinski definition) is 7. The molecular formula is C18H23N5O2. The van der Waals surface area contributed by atoms with E-state index in [0.717, 1.165) is 43.6 Å². The lowest BCUT2D eigenvalue weighted by Crippen LogP contribution is -2.33. The van der Waals surface area contributed by atoms with Crippen LogP contribution < -0.4 is 4.90 Å². The van der Waals surface area contributed by atoms with Gasteiger partial charge in [0.1, 0.15) is 0 Å². The van der Waals surface area contributed by atoms with Crippen molar-refractivity contribution in [3.63, 3.8) is 0 Å². The van der Waals surface area contributed by atoms with Crippen LogP contribution in [0.2, 0.25) is 0 Å². The molecule has 2 aliphatic carbocycles. The number of rotatable bonds is 5. The van der Waals surface area contributed by atoms with Crippen molar-refractivity contribution < 1.29 is 9.63 Å². The van der Waals surface area contributed by atoms with Crippen molar-refractivity contribution in [1.29, 1.82) is 0 Å². The van der Waals surface area contributed by atoms with Crippen LogP contribution in [0.5, 0.6) is 0 Å². The number of anilines is 1. The molecule has 25 heavy (non-hydrogen) atoms. The van der Waals surface area contributed by atoms with Crippen LogP contribution in [0, 0.1) is 11.8 Å². The molecule has 2 atom stereocenters. The van der Waals surface area contributed by atoms with Crippen LogP contribution in [-0.2, 0) is 18.4 Å². The molecule has 5 rings (SSSR count). The van der Waals surface area contributed by atoms with Crippen molar-refractivity contribution >= 4 is 5.95 Å². The summed E-state index contributed by atoms with van der Waals surface area (Å²) >= 11 is 0. The number of nitrogens with zero attached hydrogens (tertiary/aromatic N) is 5. The summed E-state index contributed by atoms with van der Waals surface area (Å²) in [6.07, 6.45) is 8.73. The van der Waals surface area contributed by atoms with E-state index in [9.17, 15) is 5.11 Å². The van der Waals surface area contributed by atoms with Gasteiger partial charge in [-0.2, -0.15) is 4.98 Å². The molecule has 7 nitrogen and oxygen atoms in total. The summed E-state index contributed by atoms with van der Waals surface area (Å²) in [5.41, 5.74) is 0.591. The molecule has 3 fully saturated rings. The number of fused-ring (bicyclic) bond motifs is 1. The maximum absolute atomic E-state index is 9.33. The van der Waals surface area contributed by atoms with Gasteiger partial charge in [0.25, 0.3) is 0 Å². The fourth-order valence-corrected chi connectivity index (χ4v) is 4.54. The molecule has 2 saturated carbocycles. The van der Waals surface area contributed by atoms with E-state index in [1.54, 1.807) is 12.3 Å². The van der Waals surface area contributed by atoms with Gasteiger partial charge in [-0.15, -0.1) is 0 Å². The Balaban J connectivity index is 1.42. The lowest BCUT2D eigenvalue weighted by molar-refractivity contribution is 0.264. The van der Waals surface area contributed by atoms with Gasteiger partial charge in [0.05, 0.1) is 17.7 Å². The average Bonchev–Trinajstić information content (AvgIpc) is 3.03. The highest BCUT2D eigenvalue weighted by atomic mass is 16.5. The maximum atomic E-state index is 9.33. The van der Waals surface area contributed by atoms with E-state index < -0.39 is 0 Å². The van der Waals surface area contributed by atoms with Crippen molar-refractivity contribution in [3.05, 3.63) is 29.7 Å². The molecule has 0 spiro atoms. The molecule has 0 radical (unpaired) electrons. The van der Waals surface area contributed by atoms with E-state index in [2.05, 4.69) is 20.0 Å². The van der Waals surface area contributed by atoms with Gasteiger partial charge in [-0.05, 0) is 43.6 Å². The molecule has 132 valence electrons.